The number of nitrogens with zero attached hydrogens (tertiary/aromatic N) is 1. The lowest BCUT2D eigenvalue weighted by atomic mass is 10.1. The number of nitrogens with one attached hydrogen (secondary N) is 1. The summed E-state index contributed by atoms with van der Waals surface area (Å²) >= 11 is 9.22. The van der Waals surface area contributed by atoms with Crippen molar-refractivity contribution in [2.24, 2.45) is 0 Å². The van der Waals surface area contributed by atoms with Gasteiger partial charge in [0.1, 0.15) is 0 Å². The summed E-state index contributed by atoms with van der Waals surface area (Å²) < 4.78 is 0.777. The molecular weight excluding hydrogens is 318 g/mol. The molecule has 0 fully saturated rings. The predicted molar refractivity (Wildman–Crippen MR) is 75.8 cm³/mol. The van der Waals surface area contributed by atoms with E-state index in [1.165, 1.54) is 6.20 Å². The van der Waals surface area contributed by atoms with Gasteiger partial charge in [-0.3, -0.25) is 9.78 Å². The van der Waals surface area contributed by atoms with Crippen LogP contribution >= 0.6 is 27.5 Å². The SMILES string of the molecule is Nc1ccc(Br)cc1C(=O)Nc1cnccc1Cl. The Morgan fingerprint density at radius 2 is 2.17 bits per heavy atom. The van der Waals surface area contributed by atoms with Crippen LogP contribution in [0.25, 0.3) is 0 Å². The monoisotopic (exact) mass is 325 g/mol. The van der Waals surface area contributed by atoms with Crippen molar-refractivity contribution in [1.82, 2.24) is 4.98 Å². The Hall–Kier alpha value is -1.59. The first-order chi connectivity index (χ1) is 8.58. The van der Waals surface area contributed by atoms with E-state index >= 15 is 0 Å². The molecule has 0 aliphatic heterocycles. The summed E-state index contributed by atoms with van der Waals surface area (Å²) in [6.45, 7) is 0. The van der Waals surface area contributed by atoms with E-state index in [2.05, 4.69) is 26.2 Å². The largest absolute Gasteiger partial charge is 0.398 e. The van der Waals surface area contributed by atoms with E-state index in [1.54, 1.807) is 30.5 Å². The molecule has 0 aliphatic carbocycles. The van der Waals surface area contributed by atoms with E-state index in [1.807, 2.05) is 0 Å². The first-order valence-corrected chi connectivity index (χ1v) is 6.21. The molecule has 0 aliphatic rings. The van der Waals surface area contributed by atoms with Crippen molar-refractivity contribution in [1.29, 1.82) is 0 Å². The zero-order chi connectivity index (χ0) is 13.1. The van der Waals surface area contributed by atoms with Crippen LogP contribution in [0.5, 0.6) is 0 Å². The topological polar surface area (TPSA) is 68.0 Å². The number of carbonyl (C=O) groups is 1. The van der Waals surface area contributed by atoms with Crippen LogP contribution in [0.3, 0.4) is 0 Å². The third kappa shape index (κ3) is 2.80. The molecule has 0 saturated heterocycles. The van der Waals surface area contributed by atoms with Gasteiger partial charge in [0, 0.05) is 16.4 Å². The molecule has 0 saturated carbocycles. The van der Waals surface area contributed by atoms with Crippen molar-refractivity contribution >= 4 is 44.8 Å². The minimum Gasteiger partial charge on any atom is -0.398 e. The first kappa shape index (κ1) is 12.9. The molecule has 92 valence electrons. The molecule has 1 amide bonds. The van der Waals surface area contributed by atoms with E-state index in [-0.39, 0.29) is 5.91 Å². The number of benzene rings is 1. The fraction of sp³-hybridized carbons (Fsp3) is 0. The number of hydrogen-bond acceptors (Lipinski definition) is 3. The van der Waals surface area contributed by atoms with E-state index in [0.29, 0.717) is 22.0 Å². The highest BCUT2D eigenvalue weighted by atomic mass is 79.9. The Bertz CT molecular complexity index is 604. The van der Waals surface area contributed by atoms with Gasteiger partial charge in [-0.05, 0) is 24.3 Å². The molecule has 0 bridgehead atoms. The second-order valence-electron chi connectivity index (χ2n) is 3.54. The summed E-state index contributed by atoms with van der Waals surface area (Å²) in [5.41, 5.74) is 6.98. The van der Waals surface area contributed by atoms with Gasteiger partial charge in [0.2, 0.25) is 0 Å². The normalized spacial score (nSPS) is 10.1. The predicted octanol–water partition coefficient (Wildman–Crippen LogP) is 3.33. The van der Waals surface area contributed by atoms with Crippen LogP contribution in [-0.2, 0) is 0 Å². The Morgan fingerprint density at radius 3 is 2.89 bits per heavy atom. The lowest BCUT2D eigenvalue weighted by molar-refractivity contribution is 0.102. The minimum absolute atomic E-state index is 0.330. The van der Waals surface area contributed by atoms with Crippen LogP contribution in [0, 0.1) is 0 Å². The van der Waals surface area contributed by atoms with Gasteiger partial charge in [0.25, 0.3) is 5.91 Å². The van der Waals surface area contributed by atoms with E-state index < -0.39 is 0 Å². The molecule has 4 nitrogen and oxygen atoms in total. The maximum Gasteiger partial charge on any atom is 0.257 e. The molecule has 2 rings (SSSR count). The summed E-state index contributed by atoms with van der Waals surface area (Å²) in [7, 11) is 0. The van der Waals surface area contributed by atoms with Gasteiger partial charge >= 0.3 is 0 Å². The van der Waals surface area contributed by atoms with Crippen LogP contribution < -0.4 is 11.1 Å². The van der Waals surface area contributed by atoms with Gasteiger partial charge in [-0.1, -0.05) is 27.5 Å². The highest BCUT2D eigenvalue weighted by Crippen LogP contribution is 2.23. The highest BCUT2D eigenvalue weighted by Gasteiger charge is 2.12. The van der Waals surface area contributed by atoms with Crippen molar-refractivity contribution < 1.29 is 4.79 Å². The lowest BCUT2D eigenvalue weighted by Crippen LogP contribution is -2.14. The van der Waals surface area contributed by atoms with Crippen LogP contribution in [-0.4, -0.2) is 10.9 Å². The van der Waals surface area contributed by atoms with Crippen LogP contribution in [0.2, 0.25) is 5.02 Å². The second-order valence-corrected chi connectivity index (χ2v) is 4.86. The maximum atomic E-state index is 12.0. The Labute approximate surface area is 117 Å². The van der Waals surface area contributed by atoms with Crippen molar-refractivity contribution in [2.45, 2.75) is 0 Å². The second kappa shape index (κ2) is 5.37. The van der Waals surface area contributed by atoms with Gasteiger partial charge in [-0.15, -0.1) is 0 Å². The molecule has 0 atom stereocenters. The van der Waals surface area contributed by atoms with Crippen LogP contribution in [0.1, 0.15) is 10.4 Å². The Balaban J connectivity index is 2.28. The number of nitrogens with two attached hydrogens (primary N) is 1. The van der Waals surface area contributed by atoms with Crippen molar-refractivity contribution in [2.75, 3.05) is 11.1 Å². The molecule has 3 N–H and O–H groups in total. The highest BCUT2D eigenvalue weighted by molar-refractivity contribution is 9.10. The number of aromatic nitrogens is 1. The number of nitrogen functional groups attached to an aromatic ring is 1. The zero-order valence-corrected chi connectivity index (χ0v) is 11.5. The summed E-state index contributed by atoms with van der Waals surface area (Å²) in [5.74, 6) is -0.330. The molecule has 0 spiro atoms. The van der Waals surface area contributed by atoms with Crippen molar-refractivity contribution in [3.8, 4) is 0 Å². The van der Waals surface area contributed by atoms with E-state index in [0.717, 1.165) is 4.47 Å². The summed E-state index contributed by atoms with van der Waals surface area (Å²) in [4.78, 5) is 15.9. The minimum atomic E-state index is -0.330. The maximum absolute atomic E-state index is 12.0. The zero-order valence-electron chi connectivity index (χ0n) is 9.15. The molecular formula is C12H9BrClN3O. The number of hydrogen-bond donors (Lipinski definition) is 2. The smallest absolute Gasteiger partial charge is 0.257 e. The van der Waals surface area contributed by atoms with Crippen LogP contribution in [0.15, 0.2) is 41.1 Å². The van der Waals surface area contributed by atoms with Gasteiger partial charge in [-0.25, -0.2) is 0 Å². The average molecular weight is 327 g/mol. The molecule has 18 heavy (non-hydrogen) atoms. The quantitative estimate of drug-likeness (QED) is 0.832. The molecule has 0 radical (unpaired) electrons. The number of rotatable bonds is 2. The van der Waals surface area contributed by atoms with Gasteiger partial charge in [0.15, 0.2) is 0 Å². The van der Waals surface area contributed by atoms with Crippen molar-refractivity contribution in [3.05, 3.63) is 51.7 Å². The van der Waals surface area contributed by atoms with Crippen molar-refractivity contribution in [3.63, 3.8) is 0 Å². The average Bonchev–Trinajstić information content (AvgIpc) is 2.35. The van der Waals surface area contributed by atoms with Crippen LogP contribution in [0.4, 0.5) is 11.4 Å². The van der Waals surface area contributed by atoms with Gasteiger partial charge in [-0.2, -0.15) is 0 Å². The third-order valence-corrected chi connectivity index (χ3v) is 3.10. The molecule has 1 heterocycles. The summed E-state index contributed by atoms with van der Waals surface area (Å²) in [5, 5.41) is 3.08. The standard InChI is InChI=1S/C12H9BrClN3O/c13-7-1-2-10(15)8(5-7)12(18)17-11-6-16-4-3-9(11)14/h1-6H,15H2,(H,17,18). The third-order valence-electron chi connectivity index (χ3n) is 2.28. The fourth-order valence-corrected chi connectivity index (χ4v) is 1.90. The number of carbonyl (C=O) groups excluding carboxylic acids is 1. The van der Waals surface area contributed by atoms with Gasteiger partial charge < -0.3 is 11.1 Å². The molecule has 2 aromatic rings. The number of amides is 1. The molecule has 0 unspecified atom stereocenters. The van der Waals surface area contributed by atoms with E-state index in [9.17, 15) is 4.79 Å². The Morgan fingerprint density at radius 1 is 1.39 bits per heavy atom. The molecule has 1 aromatic carbocycles. The fourth-order valence-electron chi connectivity index (χ4n) is 1.38. The molecule has 6 heteroatoms. The number of anilines is 2. The molecule has 1 aromatic heterocycles. The number of halogens is 2. The van der Waals surface area contributed by atoms with Gasteiger partial charge in [0.05, 0.1) is 22.5 Å². The lowest BCUT2D eigenvalue weighted by Gasteiger charge is -2.08. The Kier molecular flexibility index (Phi) is 3.84. The number of pyridine rings is 1. The summed E-state index contributed by atoms with van der Waals surface area (Å²) in [6.07, 6.45) is 3.03. The summed E-state index contributed by atoms with van der Waals surface area (Å²) in [6, 6.07) is 6.67. The first-order valence-electron chi connectivity index (χ1n) is 5.04. The van der Waals surface area contributed by atoms with E-state index in [4.69, 9.17) is 17.3 Å².